The number of benzene rings is 2. The molecule has 0 aromatic heterocycles. The van der Waals surface area contributed by atoms with Crippen LogP contribution in [0.5, 0.6) is 0 Å². The molecule has 2 aliphatic heterocycles. The van der Waals surface area contributed by atoms with E-state index in [0.717, 1.165) is 21.8 Å². The molecule has 1 saturated heterocycles. The van der Waals surface area contributed by atoms with Crippen LogP contribution < -0.4 is 4.90 Å². The summed E-state index contributed by atoms with van der Waals surface area (Å²) >= 11 is 1.49. The van der Waals surface area contributed by atoms with E-state index < -0.39 is 0 Å². The number of carbonyl (C=O) groups excluding carboxylic acids is 1. The zero-order valence-electron chi connectivity index (χ0n) is 14.9. The van der Waals surface area contributed by atoms with Crippen molar-refractivity contribution in [3.05, 3.63) is 76.1 Å². The molecule has 0 spiro atoms. The summed E-state index contributed by atoms with van der Waals surface area (Å²) in [5, 5.41) is 10.6. The highest BCUT2D eigenvalue weighted by Gasteiger charge is 2.38. The molecule has 0 bridgehead atoms. The molecule has 6 heteroatoms. The summed E-state index contributed by atoms with van der Waals surface area (Å²) in [5.74, 6) is 0.137. The smallest absolute Gasteiger partial charge is 0.229 e. The molecular weight excluding hydrogens is 361 g/mol. The van der Waals surface area contributed by atoms with Crippen LogP contribution >= 0.6 is 11.8 Å². The molecule has 0 aliphatic carbocycles. The molecule has 1 atom stereocenters. The molecule has 1 unspecified atom stereocenters. The maximum atomic E-state index is 13.2. The lowest BCUT2D eigenvalue weighted by Crippen LogP contribution is -2.47. The van der Waals surface area contributed by atoms with E-state index >= 15 is 0 Å². The van der Waals surface area contributed by atoms with Gasteiger partial charge in [0.15, 0.2) is 0 Å². The molecule has 4 nitrogen and oxygen atoms in total. The lowest BCUT2D eigenvalue weighted by Gasteiger charge is -2.42. The van der Waals surface area contributed by atoms with Crippen molar-refractivity contribution < 1.29 is 9.18 Å². The number of nitrogens with zero attached hydrogens (tertiary/aromatic N) is 3. The summed E-state index contributed by atoms with van der Waals surface area (Å²) in [6.45, 7) is 2.38. The first-order valence-electron chi connectivity index (χ1n) is 8.72. The Morgan fingerprint density at radius 2 is 1.93 bits per heavy atom. The molecule has 2 aliphatic rings. The standard InChI is InChI=1S/C21H18FN3OS/c1-14-4-2-3-5-17(14)18-10-20(26)25-12-24(13-27-21(25)19(18)11-23)16-8-6-15(22)7-9-16/h2-9,18H,10,12-13H2,1H3. The van der Waals surface area contributed by atoms with Gasteiger partial charge in [0.05, 0.1) is 29.2 Å². The maximum Gasteiger partial charge on any atom is 0.229 e. The number of allylic oxidation sites excluding steroid dienone is 1. The van der Waals surface area contributed by atoms with Gasteiger partial charge in [0.2, 0.25) is 5.91 Å². The first-order valence-corrected chi connectivity index (χ1v) is 9.70. The van der Waals surface area contributed by atoms with Crippen molar-refractivity contribution in [2.75, 3.05) is 17.4 Å². The number of carbonyl (C=O) groups is 1. The van der Waals surface area contributed by atoms with Crippen molar-refractivity contribution in [1.82, 2.24) is 4.90 Å². The van der Waals surface area contributed by atoms with Gasteiger partial charge in [-0.15, -0.1) is 0 Å². The molecule has 1 amide bonds. The highest BCUT2D eigenvalue weighted by atomic mass is 32.2. The van der Waals surface area contributed by atoms with Gasteiger partial charge in [-0.3, -0.25) is 9.69 Å². The summed E-state index contributed by atoms with van der Waals surface area (Å²) in [5.41, 5.74) is 3.64. The van der Waals surface area contributed by atoms with Gasteiger partial charge in [0, 0.05) is 18.0 Å². The van der Waals surface area contributed by atoms with E-state index in [1.54, 1.807) is 17.0 Å². The molecule has 0 radical (unpaired) electrons. The van der Waals surface area contributed by atoms with Crippen LogP contribution in [0.25, 0.3) is 0 Å². The summed E-state index contributed by atoms with van der Waals surface area (Å²) < 4.78 is 13.2. The zero-order valence-corrected chi connectivity index (χ0v) is 15.7. The number of fused-ring (bicyclic) bond motifs is 1. The van der Waals surface area contributed by atoms with Crippen molar-refractivity contribution in [1.29, 1.82) is 5.26 Å². The Balaban J connectivity index is 1.68. The topological polar surface area (TPSA) is 47.3 Å². The predicted molar refractivity (Wildman–Crippen MR) is 104 cm³/mol. The quantitative estimate of drug-likeness (QED) is 0.778. The fourth-order valence-electron chi connectivity index (χ4n) is 3.62. The van der Waals surface area contributed by atoms with E-state index in [0.29, 0.717) is 18.1 Å². The number of nitriles is 1. The Hall–Kier alpha value is -2.78. The molecule has 136 valence electrons. The average molecular weight is 379 g/mol. The van der Waals surface area contributed by atoms with Crippen LogP contribution in [0.2, 0.25) is 0 Å². The zero-order chi connectivity index (χ0) is 19.0. The van der Waals surface area contributed by atoms with E-state index in [9.17, 15) is 14.4 Å². The van der Waals surface area contributed by atoms with Gasteiger partial charge in [0.25, 0.3) is 0 Å². The van der Waals surface area contributed by atoms with Gasteiger partial charge < -0.3 is 4.90 Å². The molecule has 27 heavy (non-hydrogen) atoms. The van der Waals surface area contributed by atoms with Crippen molar-refractivity contribution in [3.63, 3.8) is 0 Å². The van der Waals surface area contributed by atoms with E-state index in [2.05, 4.69) is 6.07 Å². The minimum absolute atomic E-state index is 0.0107. The molecule has 2 heterocycles. The highest BCUT2D eigenvalue weighted by molar-refractivity contribution is 8.03. The van der Waals surface area contributed by atoms with Crippen LogP contribution in [-0.4, -0.2) is 23.4 Å². The first kappa shape index (κ1) is 17.6. The fraction of sp³-hybridized carbons (Fsp3) is 0.238. The van der Waals surface area contributed by atoms with Crippen molar-refractivity contribution in [2.45, 2.75) is 19.3 Å². The van der Waals surface area contributed by atoms with E-state index in [1.807, 2.05) is 36.1 Å². The van der Waals surface area contributed by atoms with Crippen molar-refractivity contribution in [3.8, 4) is 6.07 Å². The Morgan fingerprint density at radius 1 is 1.19 bits per heavy atom. The molecular formula is C21H18FN3OS. The maximum absolute atomic E-state index is 13.2. The third-order valence-corrected chi connectivity index (χ3v) is 6.20. The van der Waals surface area contributed by atoms with Gasteiger partial charge in [-0.25, -0.2) is 4.39 Å². The molecule has 0 saturated carbocycles. The number of halogens is 1. The Kier molecular flexibility index (Phi) is 4.63. The summed E-state index contributed by atoms with van der Waals surface area (Å²) in [6.07, 6.45) is 0.287. The van der Waals surface area contributed by atoms with Crippen molar-refractivity contribution in [2.24, 2.45) is 0 Å². The first-order chi connectivity index (χ1) is 13.1. The second-order valence-electron chi connectivity index (χ2n) is 6.70. The SMILES string of the molecule is Cc1ccccc1C1CC(=O)N2CN(c3ccc(F)cc3)CSC2=C1C#N. The number of rotatable bonds is 2. The van der Waals surface area contributed by atoms with Gasteiger partial charge in [-0.2, -0.15) is 5.26 Å². The van der Waals surface area contributed by atoms with Crippen LogP contribution in [-0.2, 0) is 4.79 Å². The van der Waals surface area contributed by atoms with Crippen LogP contribution in [0.1, 0.15) is 23.5 Å². The fourth-order valence-corrected chi connectivity index (χ4v) is 4.79. The van der Waals surface area contributed by atoms with Gasteiger partial charge in [-0.05, 0) is 42.3 Å². The second kappa shape index (κ2) is 7.09. The Bertz CT molecular complexity index is 964. The van der Waals surface area contributed by atoms with Crippen LogP contribution in [0.3, 0.4) is 0 Å². The summed E-state index contributed by atoms with van der Waals surface area (Å²) in [6, 6.07) is 16.5. The van der Waals surface area contributed by atoms with E-state index in [1.165, 1.54) is 23.9 Å². The number of hydrogen-bond acceptors (Lipinski definition) is 4. The second-order valence-corrected chi connectivity index (χ2v) is 7.63. The van der Waals surface area contributed by atoms with Gasteiger partial charge in [0.1, 0.15) is 5.82 Å². The average Bonchev–Trinajstić information content (AvgIpc) is 2.69. The number of aryl methyl sites for hydroxylation is 1. The summed E-state index contributed by atoms with van der Waals surface area (Å²) in [4.78, 5) is 16.6. The largest absolute Gasteiger partial charge is 0.344 e. The highest BCUT2D eigenvalue weighted by Crippen LogP contribution is 2.43. The predicted octanol–water partition coefficient (Wildman–Crippen LogP) is 4.35. The van der Waals surface area contributed by atoms with Gasteiger partial charge >= 0.3 is 0 Å². The molecule has 1 fully saturated rings. The molecule has 0 N–H and O–H groups in total. The molecule has 2 aromatic rings. The molecule has 4 rings (SSSR count). The van der Waals surface area contributed by atoms with Crippen LogP contribution in [0.15, 0.2) is 59.1 Å². The number of anilines is 1. The van der Waals surface area contributed by atoms with E-state index in [4.69, 9.17) is 0 Å². The Morgan fingerprint density at radius 3 is 2.63 bits per heavy atom. The minimum Gasteiger partial charge on any atom is -0.344 e. The van der Waals surface area contributed by atoms with Crippen LogP contribution in [0, 0.1) is 24.1 Å². The number of amides is 1. The number of thioether (sulfide) groups is 1. The lowest BCUT2D eigenvalue weighted by atomic mass is 9.84. The monoisotopic (exact) mass is 379 g/mol. The third kappa shape index (κ3) is 3.19. The summed E-state index contributed by atoms with van der Waals surface area (Å²) in [7, 11) is 0. The lowest BCUT2D eigenvalue weighted by molar-refractivity contribution is -0.129. The molecule has 2 aromatic carbocycles. The number of hydrogen-bond donors (Lipinski definition) is 0. The third-order valence-electron chi connectivity index (χ3n) is 5.05. The van der Waals surface area contributed by atoms with Crippen LogP contribution in [0.4, 0.5) is 10.1 Å². The van der Waals surface area contributed by atoms with Gasteiger partial charge in [-0.1, -0.05) is 36.0 Å². The normalized spacial score (nSPS) is 19.7. The minimum atomic E-state index is -0.286. The van der Waals surface area contributed by atoms with E-state index in [-0.39, 0.29) is 24.1 Å². The van der Waals surface area contributed by atoms with Crippen molar-refractivity contribution >= 4 is 23.4 Å². The Labute approximate surface area is 161 Å².